The number of nitrogens with zero attached hydrogens (tertiary/aromatic N) is 2. The fourth-order valence-corrected chi connectivity index (χ4v) is 13.8. The SMILES string of the molecule is CC(C)C[C@H](NC(=O)[C@H](CCCCN)NC(=O)[C@H](CCC(N)=O)NC(=O)[C@H](Cc1c[nH]cn1)NC(=O)[C@H](Cc1c[nH]cn1)NC(=O)[C@@H](N)C(C)C)C(=O)N[C@H](C(=O)N[C@@H](Cc1ccccc1)C(=O)N[C@@H](Cc1ccccc1)C(=O)N[C@@H](C)C(=O)N[C@@H](CCC(=O)O)C(=O)N[C@@H](CC(=O)O)C(=O)N[C@H](C(=O)NCC(=O)N[C@@H](CO)C(=O)N[C@@H](CC(N)=O)C(=O)N[C@@H](CCCCN)C(=O)O)C(C)C)C(C)C. The van der Waals surface area contributed by atoms with Crippen LogP contribution >= 0.6 is 0 Å². The molecule has 0 aliphatic carbocycles. The number of benzene rings is 2. The minimum absolute atomic E-state index is 0.0760. The second kappa shape index (κ2) is 60.2. The van der Waals surface area contributed by atoms with Crippen LogP contribution < -0.4 is 114 Å². The van der Waals surface area contributed by atoms with E-state index in [0.717, 1.165) is 6.92 Å². The van der Waals surface area contributed by atoms with Gasteiger partial charge in [0.15, 0.2) is 0 Å². The van der Waals surface area contributed by atoms with Crippen LogP contribution in [0, 0.1) is 23.7 Å². The van der Waals surface area contributed by atoms with Crippen LogP contribution in [-0.2, 0) is 126 Å². The normalized spacial score (nSPS) is 14.7. The van der Waals surface area contributed by atoms with E-state index >= 15 is 4.79 Å². The molecular formula is C89H135N25O25. The van der Waals surface area contributed by atoms with Gasteiger partial charge in [0.2, 0.25) is 106 Å². The highest BCUT2D eigenvalue weighted by Crippen LogP contribution is 2.17. The number of amides is 18. The van der Waals surface area contributed by atoms with Gasteiger partial charge >= 0.3 is 17.9 Å². The van der Waals surface area contributed by atoms with Gasteiger partial charge in [-0.15, -0.1) is 0 Å². The molecule has 139 heavy (non-hydrogen) atoms. The second-order valence-electron chi connectivity index (χ2n) is 34.8. The maximum atomic E-state index is 15.1. The monoisotopic (exact) mass is 1950 g/mol. The number of aliphatic carboxylic acids is 3. The van der Waals surface area contributed by atoms with Crippen molar-refractivity contribution in [1.82, 2.24) is 105 Å². The smallest absolute Gasteiger partial charge is 0.326 e. The van der Waals surface area contributed by atoms with Crippen LogP contribution in [0.4, 0.5) is 0 Å². The number of hydrogen-bond acceptors (Lipinski definition) is 27. The Hall–Kier alpha value is -14.4. The van der Waals surface area contributed by atoms with Crippen molar-refractivity contribution in [3.63, 3.8) is 0 Å². The molecule has 2 heterocycles. The van der Waals surface area contributed by atoms with E-state index in [9.17, 15) is 116 Å². The van der Waals surface area contributed by atoms with E-state index < -0.39 is 284 Å². The van der Waals surface area contributed by atoms with E-state index in [-0.39, 0.29) is 88.4 Å². The van der Waals surface area contributed by atoms with Crippen molar-refractivity contribution in [2.45, 2.75) is 268 Å². The molecule has 16 atom stereocenters. The molecular weight excluding hydrogens is 1820 g/mol. The lowest BCUT2D eigenvalue weighted by Crippen LogP contribution is -2.62. The number of imidazole rings is 2. The summed E-state index contributed by atoms with van der Waals surface area (Å²) >= 11 is 0. The Balaban J connectivity index is 1.58. The Labute approximate surface area is 801 Å². The molecule has 50 nitrogen and oxygen atoms in total. The van der Waals surface area contributed by atoms with Gasteiger partial charge in [0, 0.05) is 50.9 Å². The van der Waals surface area contributed by atoms with Crippen molar-refractivity contribution in [3.05, 3.63) is 108 Å². The number of carbonyl (C=O) groups excluding carboxylic acids is 18. The van der Waals surface area contributed by atoms with Crippen LogP contribution in [0.25, 0.3) is 0 Å². The molecule has 50 heteroatoms. The molecule has 0 unspecified atom stereocenters. The number of H-pyrrole nitrogens is 2. The van der Waals surface area contributed by atoms with Crippen LogP contribution in [0.1, 0.15) is 168 Å². The van der Waals surface area contributed by atoms with Gasteiger partial charge in [0.1, 0.15) is 90.6 Å². The number of nitrogens with two attached hydrogens (primary N) is 5. The highest BCUT2D eigenvalue weighted by Gasteiger charge is 2.41. The van der Waals surface area contributed by atoms with Crippen LogP contribution in [0.2, 0.25) is 0 Å². The standard InChI is InChI=1S/C89H135N25O25/c1-45(2)32-58(106-75(124)54(24-16-18-30-90)103-76(125)55(26-28-66(92)116)104-80(129)61(35-52-39-95-43-98-52)108-81(130)62(36-53-40-96-44-99-53)111-86(135)71(94)46(3)4)83(132)114-73(48(7)8)88(137)112-60(34-51-22-14-11-15-23-51)79(128)107-59(33-50-20-12-10-13-21-50)78(127)100-49(9)74(123)102-56(27-29-69(119)120)77(126)110-64(38-70(121)122)84(133)113-72(47(5)6)87(136)97-41-68(118)101-65(42-115)85(134)109-63(37-67(93)117)82(131)105-57(89(138)139)25-17-19-31-91/h10-15,20-23,39-40,43-49,54-65,71-73,115H,16-19,24-38,41-42,90-91,94H2,1-9H3,(H2,92,116)(H2,93,117)(H,95,98)(H,96,99)(H,97,136)(H,100,127)(H,101,118)(H,102,123)(H,103,125)(H,104,129)(H,105,131)(H,106,124)(H,107,128)(H,108,130)(H,109,134)(H,110,126)(H,111,135)(H,112,137)(H,113,133)(H,114,132)(H,119,120)(H,121,122)(H,138,139)/t49-,54-,55-,56-,57-,58-,59-,60-,61-,62-,63-,64-,65-,71-,72-,73-/m0/s1. The first-order chi connectivity index (χ1) is 65.6. The third-order valence-corrected chi connectivity index (χ3v) is 21.7. The summed E-state index contributed by atoms with van der Waals surface area (Å²) < 4.78 is 0. The molecule has 0 aliphatic rings. The zero-order chi connectivity index (χ0) is 104. The minimum atomic E-state index is -2.10. The Morgan fingerprint density at radius 2 is 0.719 bits per heavy atom. The lowest BCUT2D eigenvalue weighted by atomic mass is 9.98. The van der Waals surface area contributed by atoms with Crippen LogP contribution in [-0.4, -0.2) is 288 Å². The molecule has 0 radical (unpaired) electrons. The predicted octanol–water partition coefficient (Wildman–Crippen LogP) is -7.03. The van der Waals surface area contributed by atoms with E-state index in [2.05, 4.69) is 105 Å². The summed E-state index contributed by atoms with van der Waals surface area (Å²) in [6.45, 7) is 12.2. The lowest BCUT2D eigenvalue weighted by Gasteiger charge is -2.30. The molecule has 18 amide bonds. The number of rotatable bonds is 65. The Bertz CT molecular complexity index is 4780. The molecule has 766 valence electrons. The van der Waals surface area contributed by atoms with Gasteiger partial charge in [-0.05, 0) is 113 Å². The highest BCUT2D eigenvalue weighted by molar-refractivity contribution is 6.02. The number of aliphatic hydroxyl groups excluding tert-OH is 1. The van der Waals surface area contributed by atoms with E-state index in [0.29, 0.717) is 29.7 Å². The highest BCUT2D eigenvalue weighted by atomic mass is 16.4. The van der Waals surface area contributed by atoms with Gasteiger partial charge in [0.25, 0.3) is 0 Å². The van der Waals surface area contributed by atoms with Crippen molar-refractivity contribution >= 4 is 124 Å². The first-order valence-electron chi connectivity index (χ1n) is 45.5. The average Bonchev–Trinajstić information content (AvgIpc) is 1.56. The van der Waals surface area contributed by atoms with Crippen molar-refractivity contribution in [3.8, 4) is 0 Å². The summed E-state index contributed by atoms with van der Waals surface area (Å²) in [6.07, 6.45) is 1.02. The first-order valence-corrected chi connectivity index (χ1v) is 45.5. The van der Waals surface area contributed by atoms with Crippen molar-refractivity contribution in [1.29, 1.82) is 0 Å². The van der Waals surface area contributed by atoms with E-state index in [1.807, 2.05) is 0 Å². The molecule has 0 fully saturated rings. The number of hydrogen-bond donors (Lipinski definition) is 27. The fraction of sp³-hybridized carbons (Fsp3) is 0.562. The van der Waals surface area contributed by atoms with E-state index in [4.69, 9.17) is 28.7 Å². The number of aromatic amines is 2. The van der Waals surface area contributed by atoms with Crippen LogP contribution in [0.15, 0.2) is 85.7 Å². The van der Waals surface area contributed by atoms with E-state index in [1.165, 1.54) is 38.9 Å². The third kappa shape index (κ3) is 42.8. The molecule has 4 rings (SSSR count). The van der Waals surface area contributed by atoms with E-state index in [1.54, 1.807) is 102 Å². The van der Waals surface area contributed by atoms with Crippen LogP contribution in [0.3, 0.4) is 0 Å². The fourth-order valence-electron chi connectivity index (χ4n) is 13.8. The molecule has 0 saturated carbocycles. The Morgan fingerprint density at radius 1 is 0.353 bits per heavy atom. The average molecular weight is 1960 g/mol. The number of primary amides is 2. The van der Waals surface area contributed by atoms with Gasteiger partial charge in [-0.25, -0.2) is 14.8 Å². The number of aromatic nitrogens is 4. The number of carbonyl (C=O) groups is 21. The lowest BCUT2D eigenvalue weighted by molar-refractivity contribution is -0.143. The Morgan fingerprint density at radius 3 is 1.14 bits per heavy atom. The predicted molar refractivity (Wildman–Crippen MR) is 496 cm³/mol. The quantitative estimate of drug-likeness (QED) is 0.0183. The summed E-state index contributed by atoms with van der Waals surface area (Å²) in [7, 11) is 0. The number of carboxylic acid groups (broad SMARTS) is 3. The van der Waals surface area contributed by atoms with Crippen molar-refractivity contribution in [2.24, 2.45) is 52.3 Å². The topological polar surface area (TPSA) is 819 Å². The largest absolute Gasteiger partial charge is 0.481 e. The van der Waals surface area contributed by atoms with Crippen LogP contribution in [0.5, 0.6) is 0 Å². The van der Waals surface area contributed by atoms with Gasteiger partial charge in [0.05, 0.1) is 56.1 Å². The van der Waals surface area contributed by atoms with Gasteiger partial charge in [-0.1, -0.05) is 116 Å². The second-order valence-corrected chi connectivity index (χ2v) is 34.8. The number of unbranched alkanes of at least 4 members (excludes halogenated alkanes) is 2. The van der Waals surface area contributed by atoms with Gasteiger partial charge < -0.3 is 144 Å². The number of aliphatic hydroxyl groups is 1. The van der Waals surface area contributed by atoms with Gasteiger partial charge in [-0.2, -0.15) is 0 Å². The Kier molecular flexibility index (Phi) is 50.6. The number of carboxylic acids is 3. The maximum absolute atomic E-state index is 15.1. The summed E-state index contributed by atoms with van der Waals surface area (Å²) in [5, 5.41) is 78.5. The summed E-state index contributed by atoms with van der Waals surface area (Å²) in [6, 6.07) is -9.33. The molecule has 0 bridgehead atoms. The first kappa shape index (κ1) is 117. The molecule has 2 aromatic heterocycles. The van der Waals surface area contributed by atoms with Gasteiger partial charge in [-0.3, -0.25) is 95.9 Å². The zero-order valence-electron chi connectivity index (χ0n) is 79.1. The molecule has 0 saturated heterocycles. The minimum Gasteiger partial charge on any atom is -0.481 e. The summed E-state index contributed by atoms with van der Waals surface area (Å²) in [4.78, 5) is 301. The molecule has 2 aromatic carbocycles. The molecule has 32 N–H and O–H groups in total. The molecule has 4 aromatic rings. The third-order valence-electron chi connectivity index (χ3n) is 21.7. The van der Waals surface area contributed by atoms with Crippen molar-refractivity contribution < 1.29 is 121 Å². The molecule has 0 aliphatic heterocycles. The number of nitrogens with one attached hydrogen (secondary N) is 18. The molecule has 0 spiro atoms. The maximum Gasteiger partial charge on any atom is 0.326 e. The van der Waals surface area contributed by atoms with Crippen molar-refractivity contribution in [2.75, 3.05) is 26.2 Å². The summed E-state index contributed by atoms with van der Waals surface area (Å²) in [5.74, 6) is -25.9. The zero-order valence-corrected chi connectivity index (χ0v) is 79.1. The summed E-state index contributed by atoms with van der Waals surface area (Å²) in [5.41, 5.74) is 29.9.